The predicted molar refractivity (Wildman–Crippen MR) is 90.2 cm³/mol. The van der Waals surface area contributed by atoms with Gasteiger partial charge < -0.3 is 9.47 Å². The number of tetrazole rings is 1. The van der Waals surface area contributed by atoms with Crippen molar-refractivity contribution in [1.82, 2.24) is 20.2 Å². The molecule has 0 amide bonds. The minimum absolute atomic E-state index is 0.0234. The van der Waals surface area contributed by atoms with Crippen LogP contribution in [0.5, 0.6) is 11.5 Å². The van der Waals surface area contributed by atoms with E-state index in [4.69, 9.17) is 9.47 Å². The Bertz CT molecular complexity index is 833. The number of aromatic nitrogens is 4. The van der Waals surface area contributed by atoms with Crippen molar-refractivity contribution in [3.63, 3.8) is 0 Å². The highest BCUT2D eigenvalue weighted by molar-refractivity contribution is 5.89. The second-order valence-electron chi connectivity index (χ2n) is 5.34. The Balaban J connectivity index is 1.64. The molecule has 25 heavy (non-hydrogen) atoms. The number of carbonyl (C=O) groups excluding carboxylic acids is 1. The quantitative estimate of drug-likeness (QED) is 0.615. The first-order chi connectivity index (χ1) is 12.3. The molecule has 0 spiro atoms. The van der Waals surface area contributed by atoms with Gasteiger partial charge in [0.15, 0.2) is 12.4 Å². The van der Waals surface area contributed by atoms with Gasteiger partial charge in [0.25, 0.3) is 0 Å². The third-order valence-corrected chi connectivity index (χ3v) is 3.42. The average Bonchev–Trinajstić information content (AvgIpc) is 3.08. The van der Waals surface area contributed by atoms with Crippen LogP contribution in [0, 0.1) is 0 Å². The summed E-state index contributed by atoms with van der Waals surface area (Å²) < 4.78 is 12.7. The van der Waals surface area contributed by atoms with E-state index in [0.29, 0.717) is 29.4 Å². The number of benzene rings is 2. The molecule has 0 fully saturated rings. The van der Waals surface area contributed by atoms with Gasteiger partial charge in [-0.1, -0.05) is 31.2 Å². The van der Waals surface area contributed by atoms with Crippen LogP contribution in [0.25, 0.3) is 0 Å². The first-order valence-electron chi connectivity index (χ1n) is 8.01. The van der Waals surface area contributed by atoms with Crippen molar-refractivity contribution < 1.29 is 14.3 Å². The van der Waals surface area contributed by atoms with Crippen molar-refractivity contribution in [2.75, 3.05) is 0 Å². The Hall–Kier alpha value is -3.22. The van der Waals surface area contributed by atoms with E-state index >= 15 is 0 Å². The molecule has 0 N–H and O–H groups in total. The summed E-state index contributed by atoms with van der Waals surface area (Å²) in [6.07, 6.45) is 0.894. The highest BCUT2D eigenvalue weighted by Crippen LogP contribution is 2.22. The van der Waals surface area contributed by atoms with Crippen molar-refractivity contribution in [3.8, 4) is 11.5 Å². The van der Waals surface area contributed by atoms with E-state index in [-0.39, 0.29) is 6.61 Å². The lowest BCUT2D eigenvalue weighted by Gasteiger charge is -2.08. The van der Waals surface area contributed by atoms with E-state index in [1.54, 1.807) is 28.9 Å². The minimum Gasteiger partial charge on any atom is -0.457 e. The Kier molecular flexibility index (Phi) is 5.36. The van der Waals surface area contributed by atoms with Crippen molar-refractivity contribution in [1.29, 1.82) is 0 Å². The zero-order valence-electron chi connectivity index (χ0n) is 13.8. The van der Waals surface area contributed by atoms with Crippen molar-refractivity contribution in [3.05, 3.63) is 66.0 Å². The van der Waals surface area contributed by atoms with E-state index in [2.05, 4.69) is 15.5 Å². The van der Waals surface area contributed by atoms with Gasteiger partial charge in [-0.3, -0.25) is 0 Å². The van der Waals surface area contributed by atoms with Gasteiger partial charge in [0.2, 0.25) is 0 Å². The van der Waals surface area contributed by atoms with Gasteiger partial charge in [-0.05, 0) is 47.2 Å². The number of ether oxygens (including phenoxy) is 2. The van der Waals surface area contributed by atoms with E-state index < -0.39 is 5.97 Å². The van der Waals surface area contributed by atoms with Crippen molar-refractivity contribution in [2.24, 2.45) is 0 Å². The maximum Gasteiger partial charge on any atom is 0.338 e. The molecule has 2 aromatic carbocycles. The van der Waals surface area contributed by atoms with Crippen LogP contribution in [0.4, 0.5) is 0 Å². The van der Waals surface area contributed by atoms with Crippen LogP contribution in [0.15, 0.2) is 54.6 Å². The fourth-order valence-corrected chi connectivity index (χ4v) is 2.24. The zero-order chi connectivity index (χ0) is 17.5. The average molecular weight is 338 g/mol. The third kappa shape index (κ3) is 4.41. The van der Waals surface area contributed by atoms with E-state index in [1.165, 1.54) is 0 Å². The Morgan fingerprint density at radius 2 is 1.88 bits per heavy atom. The molecule has 0 saturated heterocycles. The van der Waals surface area contributed by atoms with Gasteiger partial charge in [-0.2, -0.15) is 0 Å². The molecule has 0 aliphatic rings. The van der Waals surface area contributed by atoms with Crippen LogP contribution in [0.1, 0.15) is 29.5 Å². The summed E-state index contributed by atoms with van der Waals surface area (Å²) in [4.78, 5) is 12.3. The topological polar surface area (TPSA) is 79.1 Å². The lowest BCUT2D eigenvalue weighted by Crippen LogP contribution is -2.11. The zero-order valence-corrected chi connectivity index (χ0v) is 13.8. The Morgan fingerprint density at radius 1 is 1.08 bits per heavy atom. The number of hydrogen-bond acceptors (Lipinski definition) is 6. The molecule has 0 bridgehead atoms. The number of para-hydroxylation sites is 1. The van der Waals surface area contributed by atoms with Crippen LogP contribution >= 0.6 is 0 Å². The summed E-state index contributed by atoms with van der Waals surface area (Å²) in [5.41, 5.74) is 0.406. The standard InChI is InChI=1S/C18H18N4O3/c1-2-11-22-17(19-20-21-22)13-24-18(23)14-7-6-10-16(12-14)25-15-8-4-3-5-9-15/h3-10,12H,2,11,13H2,1H3. The second-order valence-corrected chi connectivity index (χ2v) is 5.34. The van der Waals surface area contributed by atoms with Crippen molar-refractivity contribution >= 4 is 5.97 Å². The highest BCUT2D eigenvalue weighted by atomic mass is 16.5. The van der Waals surface area contributed by atoms with Crippen molar-refractivity contribution in [2.45, 2.75) is 26.5 Å². The van der Waals surface area contributed by atoms with Gasteiger partial charge in [-0.15, -0.1) is 5.10 Å². The smallest absolute Gasteiger partial charge is 0.338 e. The fourth-order valence-electron chi connectivity index (χ4n) is 2.24. The lowest BCUT2D eigenvalue weighted by molar-refractivity contribution is 0.0456. The molecule has 3 rings (SSSR count). The number of rotatable bonds is 7. The number of carbonyl (C=O) groups is 1. The first-order valence-corrected chi connectivity index (χ1v) is 8.01. The predicted octanol–water partition coefficient (Wildman–Crippen LogP) is 3.23. The molecule has 128 valence electrons. The summed E-state index contributed by atoms with van der Waals surface area (Å²) >= 11 is 0. The molecule has 1 aromatic heterocycles. The maximum absolute atomic E-state index is 12.3. The highest BCUT2D eigenvalue weighted by Gasteiger charge is 2.12. The largest absolute Gasteiger partial charge is 0.457 e. The summed E-state index contributed by atoms with van der Waals surface area (Å²) in [5.74, 6) is 1.33. The molecule has 0 aliphatic heterocycles. The Morgan fingerprint density at radius 3 is 2.68 bits per heavy atom. The molecular weight excluding hydrogens is 320 g/mol. The second kappa shape index (κ2) is 8.05. The minimum atomic E-state index is -0.454. The van der Waals surface area contributed by atoms with Gasteiger partial charge in [0.1, 0.15) is 11.5 Å². The monoisotopic (exact) mass is 338 g/mol. The number of hydrogen-bond donors (Lipinski definition) is 0. The van der Waals surface area contributed by atoms with Crippen LogP contribution in [-0.2, 0) is 17.9 Å². The number of aryl methyl sites for hydroxylation is 1. The molecule has 0 radical (unpaired) electrons. The van der Waals surface area contributed by atoms with Gasteiger partial charge >= 0.3 is 5.97 Å². The molecule has 0 saturated carbocycles. The summed E-state index contributed by atoms with van der Waals surface area (Å²) in [6, 6.07) is 16.2. The lowest BCUT2D eigenvalue weighted by atomic mass is 10.2. The van der Waals surface area contributed by atoms with Gasteiger partial charge in [-0.25, -0.2) is 9.48 Å². The molecule has 0 unspecified atom stereocenters. The fraction of sp³-hybridized carbons (Fsp3) is 0.222. The van der Waals surface area contributed by atoms with Crippen LogP contribution in [-0.4, -0.2) is 26.2 Å². The molecular formula is C18H18N4O3. The number of esters is 1. The van der Waals surface area contributed by atoms with E-state index in [9.17, 15) is 4.79 Å². The number of nitrogens with zero attached hydrogens (tertiary/aromatic N) is 4. The third-order valence-electron chi connectivity index (χ3n) is 3.42. The summed E-state index contributed by atoms with van der Waals surface area (Å²) in [5, 5.41) is 11.3. The maximum atomic E-state index is 12.3. The normalized spacial score (nSPS) is 10.4. The Labute approximate surface area is 145 Å². The molecule has 7 nitrogen and oxygen atoms in total. The van der Waals surface area contributed by atoms with E-state index in [1.807, 2.05) is 37.3 Å². The molecule has 1 heterocycles. The molecule has 0 atom stereocenters. The van der Waals surface area contributed by atoms with Crippen LogP contribution in [0.3, 0.4) is 0 Å². The molecule has 3 aromatic rings. The summed E-state index contributed by atoms with van der Waals surface area (Å²) in [7, 11) is 0. The molecule has 0 aliphatic carbocycles. The first kappa shape index (κ1) is 16.6. The van der Waals surface area contributed by atoms with Crippen LogP contribution < -0.4 is 4.74 Å². The molecule has 7 heteroatoms. The summed E-state index contributed by atoms with van der Waals surface area (Å²) in [6.45, 7) is 2.73. The van der Waals surface area contributed by atoms with Gasteiger partial charge in [0.05, 0.1) is 5.56 Å². The SMILES string of the molecule is CCCn1nnnc1COC(=O)c1cccc(Oc2ccccc2)c1. The van der Waals surface area contributed by atoms with E-state index in [0.717, 1.165) is 6.42 Å². The van der Waals surface area contributed by atoms with Crippen LogP contribution in [0.2, 0.25) is 0 Å². The van der Waals surface area contributed by atoms with Gasteiger partial charge in [0, 0.05) is 6.54 Å².